The molecule has 0 spiro atoms. The van der Waals surface area contributed by atoms with Crippen molar-refractivity contribution in [1.29, 1.82) is 0 Å². The monoisotopic (exact) mass is 348 g/mol. The Hall–Kier alpha value is -2.83. The number of carbonyl (C=O) groups is 3. The second-order valence-corrected chi connectivity index (χ2v) is 5.41. The molecule has 25 heavy (non-hydrogen) atoms. The molecule has 0 atom stereocenters. The van der Waals surface area contributed by atoms with Crippen molar-refractivity contribution in [3.63, 3.8) is 0 Å². The van der Waals surface area contributed by atoms with E-state index in [-0.39, 0.29) is 19.1 Å². The molecule has 0 aliphatic heterocycles. The summed E-state index contributed by atoms with van der Waals surface area (Å²) < 4.78 is 9.99. The fourth-order valence-electron chi connectivity index (χ4n) is 2.07. The highest BCUT2D eigenvalue weighted by Gasteiger charge is 2.16. The fraction of sp³-hybridized carbons (Fsp3) is 0.389. The molecular formula is C18H24N2O5. The molecule has 0 fully saturated rings. The summed E-state index contributed by atoms with van der Waals surface area (Å²) in [6.45, 7) is 7.60. The lowest BCUT2D eigenvalue weighted by Crippen LogP contribution is -2.37. The van der Waals surface area contributed by atoms with Gasteiger partial charge in [0.25, 0.3) is 11.8 Å². The summed E-state index contributed by atoms with van der Waals surface area (Å²) >= 11 is 0. The third-order valence-electron chi connectivity index (χ3n) is 3.30. The summed E-state index contributed by atoms with van der Waals surface area (Å²) in [4.78, 5) is 37.3. The van der Waals surface area contributed by atoms with Crippen molar-refractivity contribution in [2.75, 3.05) is 33.4 Å². The first kappa shape index (κ1) is 20.2. The summed E-state index contributed by atoms with van der Waals surface area (Å²) in [5.74, 6) is -1.06. The number of para-hydroxylation sites is 1. The molecule has 0 saturated carbocycles. The first-order valence-electron chi connectivity index (χ1n) is 7.88. The van der Waals surface area contributed by atoms with Gasteiger partial charge in [-0.2, -0.15) is 0 Å². The van der Waals surface area contributed by atoms with E-state index >= 15 is 0 Å². The number of benzene rings is 1. The number of likely N-dealkylation sites (N-methyl/N-ethyl adjacent to an activating group) is 1. The topological polar surface area (TPSA) is 84.9 Å². The Kier molecular flexibility index (Phi) is 8.18. The quantitative estimate of drug-likeness (QED) is 0.538. The number of methoxy groups -OCH3 is 1. The van der Waals surface area contributed by atoms with Crippen molar-refractivity contribution in [3.8, 4) is 5.75 Å². The van der Waals surface area contributed by atoms with Crippen molar-refractivity contribution in [3.05, 3.63) is 42.0 Å². The van der Waals surface area contributed by atoms with E-state index in [1.165, 1.54) is 12.0 Å². The van der Waals surface area contributed by atoms with Crippen LogP contribution >= 0.6 is 0 Å². The smallest absolute Gasteiger partial charge is 0.325 e. The zero-order valence-corrected chi connectivity index (χ0v) is 14.8. The Morgan fingerprint density at radius 1 is 1.24 bits per heavy atom. The maximum atomic E-state index is 12.1. The van der Waals surface area contributed by atoms with Gasteiger partial charge in [-0.05, 0) is 26.0 Å². The molecule has 0 bridgehead atoms. The molecule has 0 radical (unpaired) electrons. The lowest BCUT2D eigenvalue weighted by molar-refractivity contribution is -0.150. The summed E-state index contributed by atoms with van der Waals surface area (Å²) in [7, 11) is 1.45. The van der Waals surface area contributed by atoms with Gasteiger partial charge in [-0.1, -0.05) is 24.3 Å². The van der Waals surface area contributed by atoms with Crippen LogP contribution in [-0.4, -0.2) is 56.0 Å². The molecule has 1 rings (SSSR count). The highest BCUT2D eigenvalue weighted by Crippen LogP contribution is 2.16. The van der Waals surface area contributed by atoms with Crippen LogP contribution in [0, 0.1) is 0 Å². The second kappa shape index (κ2) is 10.1. The molecule has 0 aromatic heterocycles. The van der Waals surface area contributed by atoms with E-state index in [1.54, 1.807) is 24.3 Å². The van der Waals surface area contributed by atoms with E-state index in [0.29, 0.717) is 24.4 Å². The highest BCUT2D eigenvalue weighted by atomic mass is 16.5. The average molecular weight is 348 g/mol. The molecule has 0 unspecified atom stereocenters. The number of amides is 2. The summed E-state index contributed by atoms with van der Waals surface area (Å²) in [5, 5.41) is 2.44. The first-order chi connectivity index (χ1) is 11.9. The zero-order chi connectivity index (χ0) is 18.8. The molecule has 7 heteroatoms. The van der Waals surface area contributed by atoms with E-state index in [0.717, 1.165) is 5.57 Å². The number of esters is 1. The number of rotatable bonds is 9. The molecule has 7 nitrogen and oxygen atoms in total. The third-order valence-corrected chi connectivity index (χ3v) is 3.30. The van der Waals surface area contributed by atoms with Gasteiger partial charge in [0.15, 0.2) is 6.61 Å². The maximum Gasteiger partial charge on any atom is 0.325 e. The Labute approximate surface area is 147 Å². The van der Waals surface area contributed by atoms with Gasteiger partial charge in [-0.25, -0.2) is 0 Å². The Balaban J connectivity index is 2.45. The molecule has 1 aromatic carbocycles. The number of ether oxygens (including phenoxy) is 2. The van der Waals surface area contributed by atoms with E-state index < -0.39 is 11.9 Å². The van der Waals surface area contributed by atoms with Crippen LogP contribution in [0.5, 0.6) is 5.75 Å². The third kappa shape index (κ3) is 6.66. The first-order valence-corrected chi connectivity index (χ1v) is 7.88. The molecule has 2 amide bonds. The van der Waals surface area contributed by atoms with Crippen LogP contribution in [0.2, 0.25) is 0 Å². The lowest BCUT2D eigenvalue weighted by atomic mass is 10.2. The van der Waals surface area contributed by atoms with Gasteiger partial charge in [0.05, 0.1) is 12.7 Å². The fourth-order valence-corrected chi connectivity index (χ4v) is 2.07. The van der Waals surface area contributed by atoms with Gasteiger partial charge in [0.2, 0.25) is 0 Å². The number of nitrogens with zero attached hydrogens (tertiary/aromatic N) is 1. The molecule has 0 aliphatic rings. The summed E-state index contributed by atoms with van der Waals surface area (Å²) in [5.41, 5.74) is 1.15. The van der Waals surface area contributed by atoms with Crippen molar-refractivity contribution in [1.82, 2.24) is 10.2 Å². The van der Waals surface area contributed by atoms with Crippen LogP contribution in [0.25, 0.3) is 0 Å². The highest BCUT2D eigenvalue weighted by molar-refractivity contribution is 5.98. The van der Waals surface area contributed by atoms with Gasteiger partial charge >= 0.3 is 5.97 Å². The van der Waals surface area contributed by atoms with Crippen molar-refractivity contribution < 1.29 is 23.9 Å². The number of nitrogens with one attached hydrogen (secondary N) is 1. The van der Waals surface area contributed by atoms with Crippen molar-refractivity contribution >= 4 is 17.8 Å². The van der Waals surface area contributed by atoms with Gasteiger partial charge in [-0.3, -0.25) is 14.4 Å². The van der Waals surface area contributed by atoms with E-state index in [4.69, 9.17) is 9.47 Å². The molecule has 0 heterocycles. The van der Waals surface area contributed by atoms with Crippen LogP contribution in [0.15, 0.2) is 36.4 Å². The Morgan fingerprint density at radius 3 is 2.52 bits per heavy atom. The van der Waals surface area contributed by atoms with Crippen LogP contribution in [0.1, 0.15) is 24.2 Å². The van der Waals surface area contributed by atoms with E-state index in [9.17, 15) is 14.4 Å². The average Bonchev–Trinajstić information content (AvgIpc) is 2.61. The van der Waals surface area contributed by atoms with Crippen LogP contribution in [0.3, 0.4) is 0 Å². The largest absolute Gasteiger partial charge is 0.496 e. The SMILES string of the molecule is C=C(C)CN(CC)C(=O)COC(=O)CNC(=O)c1ccccc1OC. The van der Waals surface area contributed by atoms with E-state index in [2.05, 4.69) is 11.9 Å². The predicted octanol–water partition coefficient (Wildman–Crippen LogP) is 1.39. The zero-order valence-electron chi connectivity index (χ0n) is 14.8. The number of carbonyl (C=O) groups excluding carboxylic acids is 3. The maximum absolute atomic E-state index is 12.1. The van der Waals surface area contributed by atoms with Gasteiger partial charge < -0.3 is 19.7 Å². The number of hydrogen-bond donors (Lipinski definition) is 1. The van der Waals surface area contributed by atoms with Crippen LogP contribution in [-0.2, 0) is 14.3 Å². The van der Waals surface area contributed by atoms with Gasteiger partial charge in [0, 0.05) is 13.1 Å². The van der Waals surface area contributed by atoms with Crippen LogP contribution in [0.4, 0.5) is 0 Å². The standard InChI is InChI=1S/C18H24N2O5/c1-5-20(11-13(2)3)16(21)12-25-17(22)10-19-18(23)14-8-6-7-9-15(14)24-4/h6-9H,2,5,10-12H2,1,3-4H3,(H,19,23). The summed E-state index contributed by atoms with van der Waals surface area (Å²) in [6.07, 6.45) is 0. The molecule has 0 aliphatic carbocycles. The Morgan fingerprint density at radius 2 is 1.92 bits per heavy atom. The second-order valence-electron chi connectivity index (χ2n) is 5.41. The normalized spacial score (nSPS) is 9.88. The van der Waals surface area contributed by atoms with Gasteiger partial charge in [-0.15, -0.1) is 0 Å². The minimum atomic E-state index is -0.692. The van der Waals surface area contributed by atoms with E-state index in [1.807, 2.05) is 13.8 Å². The van der Waals surface area contributed by atoms with Crippen molar-refractivity contribution in [2.45, 2.75) is 13.8 Å². The summed E-state index contributed by atoms with van der Waals surface area (Å²) in [6, 6.07) is 6.65. The lowest BCUT2D eigenvalue weighted by Gasteiger charge is -2.20. The van der Waals surface area contributed by atoms with Crippen molar-refractivity contribution in [2.24, 2.45) is 0 Å². The predicted molar refractivity (Wildman–Crippen MR) is 93.4 cm³/mol. The van der Waals surface area contributed by atoms with Crippen LogP contribution < -0.4 is 10.1 Å². The molecule has 1 N–H and O–H groups in total. The number of hydrogen-bond acceptors (Lipinski definition) is 5. The molecule has 1 aromatic rings. The van der Waals surface area contributed by atoms with Gasteiger partial charge in [0.1, 0.15) is 12.3 Å². The minimum absolute atomic E-state index is 0.310. The molecular weight excluding hydrogens is 324 g/mol. The molecule has 136 valence electrons. The Bertz CT molecular complexity index is 642. The minimum Gasteiger partial charge on any atom is -0.496 e. The molecule has 0 saturated heterocycles.